The van der Waals surface area contributed by atoms with Crippen LogP contribution in [0.3, 0.4) is 0 Å². The molecule has 2 aromatic carbocycles. The van der Waals surface area contributed by atoms with Gasteiger partial charge >= 0.3 is 5.69 Å². The number of likely N-dealkylation sites (tertiary alicyclic amines) is 1. The minimum atomic E-state index is -0.607. The summed E-state index contributed by atoms with van der Waals surface area (Å²) in [6.07, 6.45) is 3.66. The van der Waals surface area contributed by atoms with E-state index in [1.54, 1.807) is 12.1 Å². The predicted octanol–water partition coefficient (Wildman–Crippen LogP) is 2.09. The summed E-state index contributed by atoms with van der Waals surface area (Å²) >= 11 is 0. The van der Waals surface area contributed by atoms with E-state index in [4.69, 9.17) is 0 Å². The van der Waals surface area contributed by atoms with Crippen molar-refractivity contribution in [3.8, 4) is 0 Å². The van der Waals surface area contributed by atoms with Crippen LogP contribution in [0.25, 0.3) is 10.9 Å². The van der Waals surface area contributed by atoms with E-state index in [-0.39, 0.29) is 12.5 Å². The van der Waals surface area contributed by atoms with Gasteiger partial charge in [0.2, 0.25) is 0 Å². The van der Waals surface area contributed by atoms with Gasteiger partial charge in [-0.15, -0.1) is 0 Å². The molecule has 1 saturated heterocycles. The molecule has 8 heteroatoms. The summed E-state index contributed by atoms with van der Waals surface area (Å²) in [6, 6.07) is 10.4. The van der Waals surface area contributed by atoms with Gasteiger partial charge < -0.3 is 15.2 Å². The molecule has 0 atom stereocenters. The molecular weight excluding hydrogens is 399 g/mol. The number of fused-ring (bicyclic) bond motifs is 1. The summed E-state index contributed by atoms with van der Waals surface area (Å²) in [5.74, 6) is -0.678. The summed E-state index contributed by atoms with van der Waals surface area (Å²) in [6.45, 7) is 3.44. The second kappa shape index (κ2) is 9.26. The number of hydrogen-bond acceptors (Lipinski definition) is 4. The summed E-state index contributed by atoms with van der Waals surface area (Å²) in [5.41, 5.74) is 0.0967. The lowest BCUT2D eigenvalue weighted by Crippen LogP contribution is -2.37. The molecule has 1 amide bonds. The molecule has 162 valence electrons. The zero-order chi connectivity index (χ0) is 21.8. The first-order valence-corrected chi connectivity index (χ1v) is 10.5. The smallest absolute Gasteiger partial charge is 0.329 e. The van der Waals surface area contributed by atoms with E-state index in [1.807, 2.05) is 0 Å². The van der Waals surface area contributed by atoms with E-state index in [0.717, 1.165) is 24.2 Å². The number of hydrogen-bond donors (Lipinski definition) is 2. The SMILES string of the molecule is O=C(NCCN1CCCCC1)c1ccc2c(=O)n(Cc3cccc(F)c3)c(=O)[nH]c2c1. The summed E-state index contributed by atoms with van der Waals surface area (Å²) < 4.78 is 14.4. The fourth-order valence-corrected chi connectivity index (χ4v) is 3.97. The monoisotopic (exact) mass is 424 g/mol. The lowest BCUT2D eigenvalue weighted by atomic mass is 10.1. The standard InChI is InChI=1S/C23H25FN4O3/c24-18-6-4-5-16(13-18)15-28-22(30)19-8-7-17(14-20(19)26-23(28)31)21(29)25-9-12-27-10-2-1-3-11-27/h4-8,13-14H,1-3,9-12,15H2,(H,25,29)(H,26,31). The van der Waals surface area contributed by atoms with Crippen LogP contribution in [-0.4, -0.2) is 46.5 Å². The fourth-order valence-electron chi connectivity index (χ4n) is 3.97. The average molecular weight is 424 g/mol. The van der Waals surface area contributed by atoms with Gasteiger partial charge in [-0.25, -0.2) is 9.18 Å². The molecule has 2 heterocycles. The number of nitrogens with zero attached hydrogens (tertiary/aromatic N) is 2. The quantitative estimate of drug-likeness (QED) is 0.635. The van der Waals surface area contributed by atoms with Gasteiger partial charge in [-0.3, -0.25) is 14.2 Å². The van der Waals surface area contributed by atoms with Crippen molar-refractivity contribution in [1.82, 2.24) is 19.8 Å². The molecule has 0 radical (unpaired) electrons. The van der Waals surface area contributed by atoms with Crippen molar-refractivity contribution < 1.29 is 9.18 Å². The Balaban J connectivity index is 1.50. The molecular formula is C23H25FN4O3. The Morgan fingerprint density at radius 1 is 1.06 bits per heavy atom. The Bertz CT molecular complexity index is 1210. The number of rotatable bonds is 6. The molecule has 2 N–H and O–H groups in total. The number of benzene rings is 2. The number of H-pyrrole nitrogens is 1. The lowest BCUT2D eigenvalue weighted by molar-refractivity contribution is 0.0946. The molecule has 1 fully saturated rings. The van der Waals surface area contributed by atoms with Gasteiger partial charge in [0.25, 0.3) is 11.5 Å². The van der Waals surface area contributed by atoms with Crippen LogP contribution in [0.15, 0.2) is 52.1 Å². The Hall–Kier alpha value is -3.26. The molecule has 0 bridgehead atoms. The highest BCUT2D eigenvalue weighted by molar-refractivity contribution is 5.97. The Labute approximate surface area is 178 Å². The van der Waals surface area contributed by atoms with E-state index >= 15 is 0 Å². The van der Waals surface area contributed by atoms with Crippen molar-refractivity contribution >= 4 is 16.8 Å². The number of aromatic nitrogens is 2. The zero-order valence-corrected chi connectivity index (χ0v) is 17.2. The van der Waals surface area contributed by atoms with Crippen LogP contribution in [0, 0.1) is 5.82 Å². The first-order chi connectivity index (χ1) is 15.0. The second-order valence-corrected chi connectivity index (χ2v) is 7.87. The van der Waals surface area contributed by atoms with E-state index in [2.05, 4.69) is 15.2 Å². The Kier molecular flexibility index (Phi) is 6.27. The molecule has 1 aliphatic rings. The van der Waals surface area contributed by atoms with Crippen LogP contribution < -0.4 is 16.6 Å². The number of nitrogens with one attached hydrogen (secondary N) is 2. The predicted molar refractivity (Wildman–Crippen MR) is 117 cm³/mol. The van der Waals surface area contributed by atoms with Crippen LogP contribution in [0.4, 0.5) is 4.39 Å². The van der Waals surface area contributed by atoms with Crippen molar-refractivity contribution in [3.63, 3.8) is 0 Å². The minimum absolute atomic E-state index is 0.0411. The van der Waals surface area contributed by atoms with Crippen LogP contribution >= 0.6 is 0 Å². The van der Waals surface area contributed by atoms with Gasteiger partial charge in [-0.2, -0.15) is 0 Å². The lowest BCUT2D eigenvalue weighted by Gasteiger charge is -2.26. The van der Waals surface area contributed by atoms with Crippen molar-refractivity contribution in [1.29, 1.82) is 0 Å². The second-order valence-electron chi connectivity index (χ2n) is 7.87. The van der Waals surface area contributed by atoms with E-state index in [0.29, 0.717) is 28.6 Å². The van der Waals surface area contributed by atoms with Crippen molar-refractivity contribution in [2.75, 3.05) is 26.2 Å². The Morgan fingerprint density at radius 3 is 2.65 bits per heavy atom. The van der Waals surface area contributed by atoms with Crippen LogP contribution in [0.5, 0.6) is 0 Å². The maximum absolute atomic E-state index is 13.4. The highest BCUT2D eigenvalue weighted by Crippen LogP contribution is 2.11. The van der Waals surface area contributed by atoms with Gasteiger partial charge in [0, 0.05) is 18.7 Å². The van der Waals surface area contributed by atoms with Crippen LogP contribution in [0.2, 0.25) is 0 Å². The molecule has 4 rings (SSSR count). The van der Waals surface area contributed by atoms with Crippen molar-refractivity contribution in [2.45, 2.75) is 25.8 Å². The largest absolute Gasteiger partial charge is 0.351 e. The molecule has 3 aromatic rings. The number of amides is 1. The first kappa shape index (κ1) is 21.0. The number of piperidine rings is 1. The van der Waals surface area contributed by atoms with Gasteiger partial charge in [-0.05, 0) is 61.8 Å². The first-order valence-electron chi connectivity index (χ1n) is 10.5. The fraction of sp³-hybridized carbons (Fsp3) is 0.348. The summed E-state index contributed by atoms with van der Waals surface area (Å²) in [4.78, 5) is 42.8. The minimum Gasteiger partial charge on any atom is -0.351 e. The third kappa shape index (κ3) is 4.91. The van der Waals surface area contributed by atoms with Gasteiger partial charge in [0.1, 0.15) is 5.82 Å². The summed E-state index contributed by atoms with van der Waals surface area (Å²) in [7, 11) is 0. The molecule has 0 spiro atoms. The number of carbonyl (C=O) groups is 1. The van der Waals surface area contributed by atoms with Crippen molar-refractivity contribution in [2.24, 2.45) is 0 Å². The number of aromatic amines is 1. The normalized spacial score (nSPS) is 14.6. The van der Waals surface area contributed by atoms with E-state index in [9.17, 15) is 18.8 Å². The van der Waals surface area contributed by atoms with Crippen LogP contribution in [-0.2, 0) is 6.54 Å². The summed E-state index contributed by atoms with van der Waals surface area (Å²) in [5, 5.41) is 3.19. The Morgan fingerprint density at radius 2 is 1.87 bits per heavy atom. The highest BCUT2D eigenvalue weighted by Gasteiger charge is 2.13. The molecule has 0 saturated carbocycles. The topological polar surface area (TPSA) is 87.2 Å². The third-order valence-corrected chi connectivity index (χ3v) is 5.64. The van der Waals surface area contributed by atoms with Gasteiger partial charge in [0.15, 0.2) is 0 Å². The third-order valence-electron chi connectivity index (χ3n) is 5.64. The molecule has 7 nitrogen and oxygen atoms in total. The van der Waals surface area contributed by atoms with Gasteiger partial charge in [0.05, 0.1) is 17.4 Å². The van der Waals surface area contributed by atoms with E-state index < -0.39 is 17.1 Å². The molecule has 1 aliphatic heterocycles. The zero-order valence-electron chi connectivity index (χ0n) is 17.2. The maximum atomic E-state index is 13.4. The maximum Gasteiger partial charge on any atom is 0.329 e. The molecule has 1 aromatic heterocycles. The molecule has 31 heavy (non-hydrogen) atoms. The number of halogens is 1. The van der Waals surface area contributed by atoms with Crippen molar-refractivity contribution in [3.05, 3.63) is 80.2 Å². The van der Waals surface area contributed by atoms with Crippen LogP contribution in [0.1, 0.15) is 35.2 Å². The highest BCUT2D eigenvalue weighted by atomic mass is 19.1. The molecule has 0 aliphatic carbocycles. The number of carbonyl (C=O) groups excluding carboxylic acids is 1. The van der Waals surface area contributed by atoms with E-state index in [1.165, 1.54) is 49.6 Å². The average Bonchev–Trinajstić information content (AvgIpc) is 2.77. The molecule has 0 unspecified atom stereocenters. The van der Waals surface area contributed by atoms with Gasteiger partial charge in [-0.1, -0.05) is 18.6 Å².